The van der Waals surface area contributed by atoms with Gasteiger partial charge in [-0.25, -0.2) is 0 Å². The van der Waals surface area contributed by atoms with Gasteiger partial charge in [0.2, 0.25) is 0 Å². The molecular formula is C19H19NO. The third-order valence-corrected chi connectivity index (χ3v) is 3.77. The fraction of sp³-hybridized carbons (Fsp3) is 0.158. The normalized spacial score (nSPS) is 12.3. The number of nitrogens with one attached hydrogen (secondary N) is 1. The van der Waals surface area contributed by atoms with Crippen molar-refractivity contribution < 1.29 is 5.11 Å². The Bertz CT molecular complexity index is 729. The van der Waals surface area contributed by atoms with Gasteiger partial charge in [0.25, 0.3) is 0 Å². The fourth-order valence-corrected chi connectivity index (χ4v) is 2.63. The number of aliphatic hydroxyl groups excluding tert-OH is 1. The van der Waals surface area contributed by atoms with Crippen molar-refractivity contribution in [2.75, 3.05) is 11.9 Å². The van der Waals surface area contributed by atoms with Crippen LogP contribution in [0.25, 0.3) is 10.8 Å². The van der Waals surface area contributed by atoms with Crippen molar-refractivity contribution in [1.82, 2.24) is 0 Å². The van der Waals surface area contributed by atoms with E-state index in [1.807, 2.05) is 30.3 Å². The maximum absolute atomic E-state index is 9.79. The molecule has 2 heteroatoms. The average Bonchev–Trinajstić information content (AvgIpc) is 2.54. The fourth-order valence-electron chi connectivity index (χ4n) is 2.63. The van der Waals surface area contributed by atoms with Crippen molar-refractivity contribution in [3.8, 4) is 0 Å². The Morgan fingerprint density at radius 3 is 2.38 bits per heavy atom. The van der Waals surface area contributed by atoms with E-state index in [2.05, 4.69) is 48.6 Å². The summed E-state index contributed by atoms with van der Waals surface area (Å²) in [5, 5.41) is 15.6. The number of fused-ring (bicyclic) bond motifs is 1. The Hall–Kier alpha value is -2.32. The average molecular weight is 277 g/mol. The van der Waals surface area contributed by atoms with Crippen molar-refractivity contribution in [3.63, 3.8) is 0 Å². The van der Waals surface area contributed by atoms with Gasteiger partial charge in [-0.15, -0.1) is 0 Å². The number of anilines is 1. The SMILES string of the molecule is Cc1ccc(NC(CO)c2cccc3ccccc23)cc1. The van der Waals surface area contributed by atoms with Crippen LogP contribution in [0, 0.1) is 6.92 Å². The van der Waals surface area contributed by atoms with E-state index in [0.29, 0.717) is 0 Å². The minimum absolute atomic E-state index is 0.0574. The second kappa shape index (κ2) is 5.98. The van der Waals surface area contributed by atoms with E-state index < -0.39 is 0 Å². The van der Waals surface area contributed by atoms with Crippen LogP contribution in [0.1, 0.15) is 17.2 Å². The van der Waals surface area contributed by atoms with Crippen LogP contribution in [0.15, 0.2) is 66.7 Å². The van der Waals surface area contributed by atoms with Crippen LogP contribution >= 0.6 is 0 Å². The monoisotopic (exact) mass is 277 g/mol. The summed E-state index contributed by atoms with van der Waals surface area (Å²) < 4.78 is 0. The molecule has 3 rings (SSSR count). The van der Waals surface area contributed by atoms with E-state index in [0.717, 1.165) is 11.3 Å². The zero-order chi connectivity index (χ0) is 14.7. The minimum atomic E-state index is -0.112. The summed E-state index contributed by atoms with van der Waals surface area (Å²) in [7, 11) is 0. The first-order chi connectivity index (χ1) is 10.3. The molecule has 3 aromatic carbocycles. The van der Waals surface area contributed by atoms with Gasteiger partial charge in [0.05, 0.1) is 12.6 Å². The summed E-state index contributed by atoms with van der Waals surface area (Å²) in [6.45, 7) is 2.12. The van der Waals surface area contributed by atoms with Gasteiger partial charge in [-0.05, 0) is 35.4 Å². The second-order valence-electron chi connectivity index (χ2n) is 5.31. The lowest BCUT2D eigenvalue weighted by Crippen LogP contribution is -2.15. The number of aliphatic hydroxyl groups is 1. The highest BCUT2D eigenvalue weighted by Gasteiger charge is 2.13. The van der Waals surface area contributed by atoms with Crippen LogP contribution in [0.4, 0.5) is 5.69 Å². The molecule has 1 atom stereocenters. The highest BCUT2D eigenvalue weighted by atomic mass is 16.3. The topological polar surface area (TPSA) is 32.3 Å². The first kappa shape index (κ1) is 13.7. The molecule has 0 saturated carbocycles. The van der Waals surface area contributed by atoms with Crippen molar-refractivity contribution in [2.45, 2.75) is 13.0 Å². The van der Waals surface area contributed by atoms with Gasteiger partial charge in [-0.3, -0.25) is 0 Å². The van der Waals surface area contributed by atoms with Crippen LogP contribution in [-0.2, 0) is 0 Å². The lowest BCUT2D eigenvalue weighted by molar-refractivity contribution is 0.277. The van der Waals surface area contributed by atoms with Gasteiger partial charge in [0.15, 0.2) is 0 Å². The Labute approximate surface area is 125 Å². The Morgan fingerprint density at radius 1 is 0.905 bits per heavy atom. The summed E-state index contributed by atoms with van der Waals surface area (Å²) in [5.41, 5.74) is 3.37. The zero-order valence-electron chi connectivity index (χ0n) is 12.1. The van der Waals surface area contributed by atoms with Crippen molar-refractivity contribution >= 4 is 16.5 Å². The molecule has 0 saturated heterocycles. The molecular weight excluding hydrogens is 258 g/mol. The van der Waals surface area contributed by atoms with Crippen molar-refractivity contribution in [2.24, 2.45) is 0 Å². The number of aryl methyl sites for hydroxylation is 1. The van der Waals surface area contributed by atoms with E-state index >= 15 is 0 Å². The first-order valence-corrected chi connectivity index (χ1v) is 7.19. The van der Waals surface area contributed by atoms with E-state index in [-0.39, 0.29) is 12.6 Å². The number of hydrogen-bond donors (Lipinski definition) is 2. The van der Waals surface area contributed by atoms with Gasteiger partial charge in [-0.2, -0.15) is 0 Å². The van der Waals surface area contributed by atoms with Crippen LogP contribution in [-0.4, -0.2) is 11.7 Å². The molecule has 0 fully saturated rings. The van der Waals surface area contributed by atoms with Crippen LogP contribution in [0.3, 0.4) is 0 Å². The number of hydrogen-bond acceptors (Lipinski definition) is 2. The molecule has 0 radical (unpaired) electrons. The molecule has 0 aromatic heterocycles. The zero-order valence-corrected chi connectivity index (χ0v) is 12.1. The minimum Gasteiger partial charge on any atom is -0.394 e. The highest BCUT2D eigenvalue weighted by molar-refractivity contribution is 5.86. The predicted octanol–water partition coefficient (Wildman–Crippen LogP) is 4.29. The van der Waals surface area contributed by atoms with Crippen LogP contribution in [0.5, 0.6) is 0 Å². The van der Waals surface area contributed by atoms with Crippen LogP contribution < -0.4 is 5.32 Å². The maximum atomic E-state index is 9.79. The lowest BCUT2D eigenvalue weighted by atomic mass is 9.99. The molecule has 21 heavy (non-hydrogen) atoms. The molecule has 106 valence electrons. The molecule has 0 amide bonds. The first-order valence-electron chi connectivity index (χ1n) is 7.19. The number of rotatable bonds is 4. The molecule has 0 bridgehead atoms. The molecule has 2 nitrogen and oxygen atoms in total. The Kier molecular flexibility index (Phi) is 3.89. The summed E-state index contributed by atoms with van der Waals surface area (Å²) in [5.74, 6) is 0. The summed E-state index contributed by atoms with van der Waals surface area (Å²) in [6, 6.07) is 22.6. The van der Waals surface area contributed by atoms with E-state index in [1.54, 1.807) is 0 Å². The van der Waals surface area contributed by atoms with Crippen molar-refractivity contribution in [3.05, 3.63) is 77.9 Å². The van der Waals surface area contributed by atoms with E-state index in [1.165, 1.54) is 16.3 Å². The highest BCUT2D eigenvalue weighted by Crippen LogP contribution is 2.27. The summed E-state index contributed by atoms with van der Waals surface area (Å²) >= 11 is 0. The van der Waals surface area contributed by atoms with Gasteiger partial charge < -0.3 is 10.4 Å². The molecule has 0 aliphatic heterocycles. The number of benzene rings is 3. The third-order valence-electron chi connectivity index (χ3n) is 3.77. The van der Waals surface area contributed by atoms with Gasteiger partial charge >= 0.3 is 0 Å². The van der Waals surface area contributed by atoms with Crippen molar-refractivity contribution in [1.29, 1.82) is 0 Å². The molecule has 1 unspecified atom stereocenters. The molecule has 3 aromatic rings. The Balaban J connectivity index is 1.96. The van der Waals surface area contributed by atoms with Crippen LogP contribution in [0.2, 0.25) is 0 Å². The molecule has 2 N–H and O–H groups in total. The molecule has 0 aliphatic rings. The molecule has 0 heterocycles. The summed E-state index contributed by atoms with van der Waals surface area (Å²) in [4.78, 5) is 0. The second-order valence-corrected chi connectivity index (χ2v) is 5.31. The summed E-state index contributed by atoms with van der Waals surface area (Å²) in [6.07, 6.45) is 0. The standard InChI is InChI=1S/C19H19NO/c1-14-9-11-16(12-10-14)20-19(13-21)18-8-4-6-15-5-2-3-7-17(15)18/h2-12,19-21H,13H2,1H3. The largest absolute Gasteiger partial charge is 0.394 e. The predicted molar refractivity (Wildman–Crippen MR) is 88.6 cm³/mol. The maximum Gasteiger partial charge on any atom is 0.0751 e. The Morgan fingerprint density at radius 2 is 1.62 bits per heavy atom. The van der Waals surface area contributed by atoms with E-state index in [4.69, 9.17) is 0 Å². The van der Waals surface area contributed by atoms with Gasteiger partial charge in [0, 0.05) is 5.69 Å². The molecule has 0 spiro atoms. The quantitative estimate of drug-likeness (QED) is 0.745. The van der Waals surface area contributed by atoms with E-state index in [9.17, 15) is 5.11 Å². The lowest BCUT2D eigenvalue weighted by Gasteiger charge is -2.20. The van der Waals surface area contributed by atoms with Gasteiger partial charge in [-0.1, -0.05) is 60.2 Å². The van der Waals surface area contributed by atoms with Gasteiger partial charge in [0.1, 0.15) is 0 Å². The third kappa shape index (κ3) is 2.91. The smallest absolute Gasteiger partial charge is 0.0751 e. The molecule has 0 aliphatic carbocycles.